The molecule has 0 bridgehead atoms. The molecule has 0 saturated carbocycles. The van der Waals surface area contributed by atoms with Crippen LogP contribution in [-0.4, -0.2) is 20.9 Å². The third kappa shape index (κ3) is 3.09. The van der Waals surface area contributed by atoms with Gasteiger partial charge < -0.3 is 5.32 Å². The summed E-state index contributed by atoms with van der Waals surface area (Å²) in [5.41, 5.74) is 2.77. The van der Waals surface area contributed by atoms with Gasteiger partial charge in [0.25, 0.3) is 5.91 Å². The maximum Gasteiger partial charge on any atom is 0.275 e. The van der Waals surface area contributed by atoms with E-state index in [1.54, 1.807) is 6.20 Å². The normalized spacial score (nSPS) is 10.1. The molecular formula is C16H12N4O. The van der Waals surface area contributed by atoms with E-state index in [9.17, 15) is 4.79 Å². The minimum Gasteiger partial charge on any atom is -0.319 e. The van der Waals surface area contributed by atoms with Crippen molar-refractivity contribution in [2.75, 3.05) is 5.32 Å². The number of carbonyl (C=O) groups is 1. The monoisotopic (exact) mass is 276 g/mol. The summed E-state index contributed by atoms with van der Waals surface area (Å²) < 4.78 is 0. The van der Waals surface area contributed by atoms with Crippen molar-refractivity contribution in [3.8, 4) is 11.3 Å². The lowest BCUT2D eigenvalue weighted by Gasteiger charge is -2.05. The average molecular weight is 276 g/mol. The third-order valence-corrected chi connectivity index (χ3v) is 2.89. The Morgan fingerprint density at radius 3 is 2.43 bits per heavy atom. The zero-order valence-corrected chi connectivity index (χ0v) is 11.1. The van der Waals surface area contributed by atoms with Gasteiger partial charge in [-0.3, -0.25) is 14.8 Å². The van der Waals surface area contributed by atoms with Gasteiger partial charge in [-0.05, 0) is 12.1 Å². The molecule has 21 heavy (non-hydrogen) atoms. The minimum absolute atomic E-state index is 0.268. The molecular weight excluding hydrogens is 264 g/mol. The molecule has 1 N–H and O–H groups in total. The van der Waals surface area contributed by atoms with Crippen LogP contribution in [0.1, 0.15) is 10.5 Å². The Labute approximate surface area is 121 Å². The molecule has 0 saturated heterocycles. The number of hydrogen-bond acceptors (Lipinski definition) is 4. The Balaban J connectivity index is 1.75. The Morgan fingerprint density at radius 2 is 1.76 bits per heavy atom. The minimum atomic E-state index is -0.308. The van der Waals surface area contributed by atoms with E-state index in [2.05, 4.69) is 20.3 Å². The van der Waals surface area contributed by atoms with Gasteiger partial charge in [0.1, 0.15) is 5.69 Å². The molecule has 0 aliphatic heterocycles. The van der Waals surface area contributed by atoms with Crippen LogP contribution >= 0.6 is 0 Å². The van der Waals surface area contributed by atoms with Gasteiger partial charge in [0.15, 0.2) is 0 Å². The van der Waals surface area contributed by atoms with E-state index in [0.717, 1.165) is 11.3 Å². The van der Waals surface area contributed by atoms with Crippen LogP contribution < -0.4 is 5.32 Å². The standard InChI is InChI=1S/C16H12N4O/c21-16(15-11-17-8-9-18-15)20-13-6-7-14(19-10-13)12-4-2-1-3-5-12/h1-11H,(H,20,21). The van der Waals surface area contributed by atoms with Crippen molar-refractivity contribution in [2.24, 2.45) is 0 Å². The number of pyridine rings is 1. The summed E-state index contributed by atoms with van der Waals surface area (Å²) in [6, 6.07) is 13.5. The summed E-state index contributed by atoms with van der Waals surface area (Å²) in [7, 11) is 0. The first kappa shape index (κ1) is 12.9. The molecule has 2 heterocycles. The van der Waals surface area contributed by atoms with E-state index < -0.39 is 0 Å². The molecule has 0 atom stereocenters. The molecule has 5 heteroatoms. The number of nitrogens with one attached hydrogen (secondary N) is 1. The van der Waals surface area contributed by atoms with Gasteiger partial charge in [-0.25, -0.2) is 4.98 Å². The van der Waals surface area contributed by atoms with Crippen molar-refractivity contribution < 1.29 is 4.79 Å². The van der Waals surface area contributed by atoms with Gasteiger partial charge in [0.2, 0.25) is 0 Å². The SMILES string of the molecule is O=C(Nc1ccc(-c2ccccc2)nc1)c1cnccn1. The quantitative estimate of drug-likeness (QED) is 0.798. The van der Waals surface area contributed by atoms with Crippen LogP contribution in [0.2, 0.25) is 0 Å². The van der Waals surface area contributed by atoms with Crippen LogP contribution in [0.3, 0.4) is 0 Å². The van der Waals surface area contributed by atoms with Gasteiger partial charge in [0, 0.05) is 18.0 Å². The molecule has 102 valence electrons. The molecule has 1 amide bonds. The fourth-order valence-electron chi connectivity index (χ4n) is 1.86. The van der Waals surface area contributed by atoms with Crippen LogP contribution in [0, 0.1) is 0 Å². The lowest BCUT2D eigenvalue weighted by Crippen LogP contribution is -2.13. The molecule has 1 aromatic carbocycles. The number of anilines is 1. The number of amides is 1. The molecule has 3 aromatic rings. The van der Waals surface area contributed by atoms with Crippen molar-refractivity contribution in [1.82, 2.24) is 15.0 Å². The Kier molecular flexibility index (Phi) is 3.64. The van der Waals surface area contributed by atoms with Crippen molar-refractivity contribution in [3.05, 3.63) is 72.9 Å². The van der Waals surface area contributed by atoms with E-state index in [1.807, 2.05) is 42.5 Å². The molecule has 0 aliphatic carbocycles. The van der Waals surface area contributed by atoms with Crippen molar-refractivity contribution in [1.29, 1.82) is 0 Å². The van der Waals surface area contributed by atoms with E-state index in [0.29, 0.717) is 5.69 Å². The van der Waals surface area contributed by atoms with Crippen LogP contribution in [0.25, 0.3) is 11.3 Å². The molecule has 0 spiro atoms. The topological polar surface area (TPSA) is 67.8 Å². The summed E-state index contributed by atoms with van der Waals surface area (Å²) in [5.74, 6) is -0.308. The van der Waals surface area contributed by atoms with Crippen LogP contribution in [0.15, 0.2) is 67.3 Å². The fourth-order valence-corrected chi connectivity index (χ4v) is 1.86. The number of aromatic nitrogens is 3. The molecule has 0 radical (unpaired) electrons. The second-order valence-electron chi connectivity index (χ2n) is 4.34. The predicted molar refractivity (Wildman–Crippen MR) is 79.7 cm³/mol. The lowest BCUT2D eigenvalue weighted by molar-refractivity contribution is 0.102. The van der Waals surface area contributed by atoms with E-state index in [1.165, 1.54) is 18.6 Å². The second kappa shape index (κ2) is 5.92. The highest BCUT2D eigenvalue weighted by atomic mass is 16.1. The summed E-state index contributed by atoms with van der Waals surface area (Å²) in [6.45, 7) is 0. The lowest BCUT2D eigenvalue weighted by atomic mass is 10.1. The molecule has 0 fully saturated rings. The molecule has 0 unspecified atom stereocenters. The second-order valence-corrected chi connectivity index (χ2v) is 4.34. The van der Waals surface area contributed by atoms with Crippen molar-refractivity contribution >= 4 is 11.6 Å². The number of nitrogens with zero attached hydrogens (tertiary/aromatic N) is 3. The number of benzene rings is 1. The largest absolute Gasteiger partial charge is 0.319 e. The Bertz CT molecular complexity index is 727. The highest BCUT2D eigenvalue weighted by molar-refractivity contribution is 6.02. The number of hydrogen-bond donors (Lipinski definition) is 1. The number of carbonyl (C=O) groups excluding carboxylic acids is 1. The molecule has 0 aliphatic rings. The highest BCUT2D eigenvalue weighted by Gasteiger charge is 2.07. The first-order chi connectivity index (χ1) is 10.3. The summed E-state index contributed by atoms with van der Waals surface area (Å²) in [4.78, 5) is 24.1. The summed E-state index contributed by atoms with van der Waals surface area (Å²) in [5, 5.41) is 2.73. The Morgan fingerprint density at radius 1 is 0.905 bits per heavy atom. The molecule has 3 rings (SSSR count). The van der Waals surface area contributed by atoms with Crippen LogP contribution in [0.5, 0.6) is 0 Å². The van der Waals surface area contributed by atoms with Crippen LogP contribution in [-0.2, 0) is 0 Å². The average Bonchev–Trinajstić information content (AvgIpc) is 2.57. The van der Waals surface area contributed by atoms with Crippen molar-refractivity contribution in [3.63, 3.8) is 0 Å². The summed E-state index contributed by atoms with van der Waals surface area (Å²) in [6.07, 6.45) is 6.04. The first-order valence-electron chi connectivity index (χ1n) is 6.42. The van der Waals surface area contributed by atoms with Crippen molar-refractivity contribution in [2.45, 2.75) is 0 Å². The third-order valence-electron chi connectivity index (χ3n) is 2.89. The maximum atomic E-state index is 11.9. The summed E-state index contributed by atoms with van der Waals surface area (Å²) >= 11 is 0. The first-order valence-corrected chi connectivity index (χ1v) is 6.42. The van der Waals surface area contributed by atoms with Gasteiger partial charge in [-0.2, -0.15) is 0 Å². The molecule has 2 aromatic heterocycles. The number of rotatable bonds is 3. The van der Waals surface area contributed by atoms with Gasteiger partial charge >= 0.3 is 0 Å². The zero-order valence-electron chi connectivity index (χ0n) is 11.1. The fraction of sp³-hybridized carbons (Fsp3) is 0. The van der Waals surface area contributed by atoms with Gasteiger partial charge in [-0.1, -0.05) is 30.3 Å². The van der Waals surface area contributed by atoms with E-state index >= 15 is 0 Å². The zero-order chi connectivity index (χ0) is 14.5. The van der Waals surface area contributed by atoms with Crippen LogP contribution in [0.4, 0.5) is 5.69 Å². The molecule has 5 nitrogen and oxygen atoms in total. The van der Waals surface area contributed by atoms with Gasteiger partial charge in [-0.15, -0.1) is 0 Å². The Hall–Kier alpha value is -3.08. The maximum absolute atomic E-state index is 11.9. The van der Waals surface area contributed by atoms with Gasteiger partial charge in [0.05, 0.1) is 23.8 Å². The smallest absolute Gasteiger partial charge is 0.275 e. The van der Waals surface area contributed by atoms with E-state index in [-0.39, 0.29) is 11.6 Å². The van der Waals surface area contributed by atoms with E-state index in [4.69, 9.17) is 0 Å². The predicted octanol–water partition coefficient (Wildman–Crippen LogP) is 2.79. The highest BCUT2D eigenvalue weighted by Crippen LogP contribution is 2.18.